The molecule has 0 fully saturated rings. The highest BCUT2D eigenvalue weighted by molar-refractivity contribution is 14.0. The number of aromatic nitrogens is 3. The number of aliphatic imine (C=N–C) groups is 1. The molecule has 0 bridgehead atoms. The zero-order chi connectivity index (χ0) is 18.2. The molecular weight excluding hydrogens is 447 g/mol. The van der Waals surface area contributed by atoms with E-state index in [4.69, 9.17) is 9.05 Å². The summed E-state index contributed by atoms with van der Waals surface area (Å²) in [6.07, 6.45) is 0.643. The molecule has 0 unspecified atom stereocenters. The van der Waals surface area contributed by atoms with Crippen LogP contribution < -0.4 is 10.6 Å². The summed E-state index contributed by atoms with van der Waals surface area (Å²) in [5, 5.41) is 14.5. The van der Waals surface area contributed by atoms with E-state index in [0.717, 1.165) is 23.8 Å². The van der Waals surface area contributed by atoms with Gasteiger partial charge in [-0.25, -0.2) is 4.99 Å². The topological polar surface area (TPSA) is 101 Å². The fourth-order valence-electron chi connectivity index (χ4n) is 2.07. The lowest BCUT2D eigenvalue weighted by Crippen LogP contribution is -2.38. The Balaban J connectivity index is 0.00000338. The molecule has 146 valence electrons. The molecule has 26 heavy (non-hydrogen) atoms. The number of halogens is 1. The van der Waals surface area contributed by atoms with Crippen LogP contribution in [0.3, 0.4) is 0 Å². The summed E-state index contributed by atoms with van der Waals surface area (Å²) in [4.78, 5) is 8.88. The first-order valence-corrected chi connectivity index (χ1v) is 8.79. The van der Waals surface area contributed by atoms with Crippen molar-refractivity contribution in [3.05, 3.63) is 29.2 Å². The molecule has 0 radical (unpaired) electrons. The predicted octanol–water partition coefficient (Wildman–Crippen LogP) is 3.22. The largest absolute Gasteiger partial charge is 0.359 e. The van der Waals surface area contributed by atoms with Crippen molar-refractivity contribution in [3.8, 4) is 0 Å². The Morgan fingerprint density at radius 3 is 2.46 bits per heavy atom. The lowest BCUT2D eigenvalue weighted by molar-refractivity contribution is 0.371. The first kappa shape index (κ1) is 22.4. The van der Waals surface area contributed by atoms with Gasteiger partial charge < -0.3 is 19.7 Å². The number of guanidine groups is 1. The van der Waals surface area contributed by atoms with Gasteiger partial charge in [0.1, 0.15) is 6.54 Å². The zero-order valence-electron chi connectivity index (χ0n) is 16.1. The molecule has 0 spiro atoms. The monoisotopic (exact) mass is 476 g/mol. The van der Waals surface area contributed by atoms with Crippen LogP contribution in [0.4, 0.5) is 0 Å². The number of rotatable bonds is 8. The summed E-state index contributed by atoms with van der Waals surface area (Å²) in [5.41, 5.74) is 0.945. The van der Waals surface area contributed by atoms with Crippen LogP contribution in [0.15, 0.2) is 20.1 Å². The van der Waals surface area contributed by atoms with Crippen molar-refractivity contribution in [2.24, 2.45) is 4.99 Å². The Bertz CT molecular complexity index is 680. The highest BCUT2D eigenvalue weighted by atomic mass is 127. The molecule has 0 aliphatic rings. The van der Waals surface area contributed by atoms with Crippen molar-refractivity contribution in [1.82, 2.24) is 25.9 Å². The van der Waals surface area contributed by atoms with Crippen LogP contribution in [0.25, 0.3) is 0 Å². The summed E-state index contributed by atoms with van der Waals surface area (Å²) in [7, 11) is 0. The summed E-state index contributed by atoms with van der Waals surface area (Å²) in [6, 6.07) is 1.95. The zero-order valence-corrected chi connectivity index (χ0v) is 18.4. The third kappa shape index (κ3) is 6.93. The Hall–Kier alpha value is -1.65. The highest BCUT2D eigenvalue weighted by Gasteiger charge is 2.10. The Labute approximate surface area is 171 Å². The van der Waals surface area contributed by atoms with E-state index in [-0.39, 0.29) is 29.9 Å². The van der Waals surface area contributed by atoms with Crippen molar-refractivity contribution >= 4 is 29.9 Å². The molecule has 0 aliphatic heterocycles. The van der Waals surface area contributed by atoms with E-state index in [1.165, 1.54) is 0 Å². The third-order valence-corrected chi connectivity index (χ3v) is 3.54. The summed E-state index contributed by atoms with van der Waals surface area (Å²) in [6.45, 7) is 12.1. The van der Waals surface area contributed by atoms with Crippen molar-refractivity contribution in [1.29, 1.82) is 0 Å². The van der Waals surface area contributed by atoms with Crippen molar-refractivity contribution in [3.63, 3.8) is 0 Å². The van der Waals surface area contributed by atoms with Crippen LogP contribution in [-0.2, 0) is 13.0 Å². The number of nitrogens with one attached hydrogen (secondary N) is 2. The minimum Gasteiger partial charge on any atom is -0.359 e. The van der Waals surface area contributed by atoms with Gasteiger partial charge in [-0.1, -0.05) is 38.0 Å². The van der Waals surface area contributed by atoms with E-state index in [1.807, 2.05) is 26.8 Å². The fraction of sp³-hybridized carbons (Fsp3) is 0.647. The van der Waals surface area contributed by atoms with Gasteiger partial charge in [0.15, 0.2) is 17.5 Å². The Morgan fingerprint density at radius 2 is 1.88 bits per heavy atom. The quantitative estimate of drug-likeness (QED) is 0.343. The van der Waals surface area contributed by atoms with E-state index < -0.39 is 0 Å². The first-order valence-electron chi connectivity index (χ1n) is 8.79. The lowest BCUT2D eigenvalue weighted by Gasteiger charge is -2.09. The van der Waals surface area contributed by atoms with Gasteiger partial charge in [-0.3, -0.25) is 0 Å². The second-order valence-corrected chi connectivity index (χ2v) is 6.45. The third-order valence-electron chi connectivity index (χ3n) is 3.54. The van der Waals surface area contributed by atoms with E-state index in [2.05, 4.69) is 44.8 Å². The predicted molar refractivity (Wildman–Crippen MR) is 111 cm³/mol. The Kier molecular flexibility index (Phi) is 9.60. The van der Waals surface area contributed by atoms with Crippen LogP contribution in [0, 0.1) is 0 Å². The van der Waals surface area contributed by atoms with Gasteiger partial charge in [0, 0.05) is 31.5 Å². The summed E-state index contributed by atoms with van der Waals surface area (Å²) in [5.74, 6) is 3.44. The maximum atomic E-state index is 5.31. The van der Waals surface area contributed by atoms with Gasteiger partial charge >= 0.3 is 0 Å². The molecule has 2 heterocycles. The number of nitrogens with zero attached hydrogens (tertiary/aromatic N) is 4. The van der Waals surface area contributed by atoms with Gasteiger partial charge in [0.05, 0.1) is 5.69 Å². The molecule has 2 N–H and O–H groups in total. The molecule has 2 rings (SSSR count). The van der Waals surface area contributed by atoms with E-state index in [0.29, 0.717) is 37.3 Å². The normalized spacial score (nSPS) is 11.7. The lowest BCUT2D eigenvalue weighted by atomic mass is 10.1. The van der Waals surface area contributed by atoms with E-state index >= 15 is 0 Å². The molecule has 0 atom stereocenters. The molecule has 0 saturated heterocycles. The first-order chi connectivity index (χ1) is 12.0. The van der Waals surface area contributed by atoms with Crippen molar-refractivity contribution in [2.75, 3.05) is 13.1 Å². The second-order valence-electron chi connectivity index (χ2n) is 6.45. The molecule has 0 saturated carbocycles. The second kappa shape index (κ2) is 11.1. The minimum absolute atomic E-state index is 0. The molecule has 0 amide bonds. The molecule has 2 aromatic heterocycles. The average molecular weight is 476 g/mol. The van der Waals surface area contributed by atoms with Gasteiger partial charge in [0.2, 0.25) is 5.89 Å². The molecule has 8 nitrogen and oxygen atoms in total. The van der Waals surface area contributed by atoms with Gasteiger partial charge in [-0.15, -0.1) is 24.0 Å². The van der Waals surface area contributed by atoms with Gasteiger partial charge in [-0.2, -0.15) is 4.98 Å². The highest BCUT2D eigenvalue weighted by Crippen LogP contribution is 2.14. The van der Waals surface area contributed by atoms with Crippen LogP contribution in [0.2, 0.25) is 0 Å². The smallest absolute Gasteiger partial charge is 0.228 e. The van der Waals surface area contributed by atoms with Crippen molar-refractivity contribution < 1.29 is 9.05 Å². The average Bonchev–Trinajstić information content (AvgIpc) is 3.22. The summed E-state index contributed by atoms with van der Waals surface area (Å²) >= 11 is 0. The number of hydrogen-bond acceptors (Lipinski definition) is 6. The molecule has 9 heteroatoms. The Morgan fingerprint density at radius 1 is 1.12 bits per heavy atom. The van der Waals surface area contributed by atoms with E-state index in [9.17, 15) is 0 Å². The van der Waals surface area contributed by atoms with Crippen LogP contribution in [-0.4, -0.2) is 34.3 Å². The summed E-state index contributed by atoms with van der Waals surface area (Å²) < 4.78 is 10.5. The molecule has 2 aromatic rings. The molecule has 0 aliphatic carbocycles. The van der Waals surface area contributed by atoms with Gasteiger partial charge in [0.25, 0.3) is 0 Å². The fourth-order valence-corrected chi connectivity index (χ4v) is 2.07. The van der Waals surface area contributed by atoms with Crippen LogP contribution in [0.5, 0.6) is 0 Å². The van der Waals surface area contributed by atoms with Crippen LogP contribution in [0.1, 0.15) is 69.6 Å². The van der Waals surface area contributed by atoms with Crippen LogP contribution >= 0.6 is 24.0 Å². The van der Waals surface area contributed by atoms with E-state index in [1.54, 1.807) is 0 Å². The minimum atomic E-state index is 0. The maximum Gasteiger partial charge on any atom is 0.228 e. The SMILES string of the molecule is CCNC(=NCc1cc(C(C)C)no1)NCCc1nc(C(C)C)no1.I. The molecule has 0 aromatic carbocycles. The molecular formula is C17H29IN6O2. The maximum absolute atomic E-state index is 5.31. The standard InChI is InChI=1S/C17H28N6O2.HI/c1-6-18-17(20-10-13-9-14(11(2)3)22-24-13)19-8-7-15-21-16(12(4)5)23-25-15;/h9,11-12H,6-8,10H2,1-5H3,(H2,18,19,20);1H. The number of hydrogen-bond donors (Lipinski definition) is 2. The van der Waals surface area contributed by atoms with Crippen molar-refractivity contribution in [2.45, 2.75) is 59.4 Å². The van der Waals surface area contributed by atoms with Gasteiger partial charge in [-0.05, 0) is 12.8 Å².